The van der Waals surface area contributed by atoms with E-state index in [4.69, 9.17) is 0 Å². The number of carbonyl (C=O) groups is 1. The number of amides is 1. The van der Waals surface area contributed by atoms with E-state index in [2.05, 4.69) is 20.1 Å². The Morgan fingerprint density at radius 1 is 0.964 bits per heavy atom. The van der Waals surface area contributed by atoms with E-state index in [9.17, 15) is 4.79 Å². The lowest BCUT2D eigenvalue weighted by atomic mass is 10.1. The monoisotopic (exact) mass is 375 g/mol. The number of anilines is 2. The maximum absolute atomic E-state index is 12.5. The van der Waals surface area contributed by atoms with E-state index in [1.165, 1.54) is 19.3 Å². The number of aromatic nitrogens is 3. The highest BCUT2D eigenvalue weighted by Crippen LogP contribution is 2.24. The molecule has 0 saturated heterocycles. The summed E-state index contributed by atoms with van der Waals surface area (Å²) in [5, 5.41) is 11.7. The zero-order valence-corrected chi connectivity index (χ0v) is 16.4. The van der Waals surface area contributed by atoms with Gasteiger partial charge in [-0.15, -0.1) is 10.2 Å². The van der Waals surface area contributed by atoms with Crippen molar-refractivity contribution in [2.75, 3.05) is 24.3 Å². The molecule has 1 aromatic heterocycles. The highest BCUT2D eigenvalue weighted by Gasteiger charge is 2.16. The smallest absolute Gasteiger partial charge is 0.255 e. The molecule has 0 spiro atoms. The van der Waals surface area contributed by atoms with E-state index in [-0.39, 0.29) is 5.91 Å². The fourth-order valence-corrected chi connectivity index (χ4v) is 3.52. The Morgan fingerprint density at radius 3 is 2.43 bits per heavy atom. The molecule has 0 bridgehead atoms. The lowest BCUT2D eigenvalue weighted by Crippen LogP contribution is -2.13. The topological polar surface area (TPSA) is 63.1 Å². The van der Waals surface area contributed by atoms with Crippen molar-refractivity contribution in [3.8, 4) is 11.4 Å². The van der Waals surface area contributed by atoms with E-state index < -0.39 is 0 Å². The molecule has 144 valence electrons. The summed E-state index contributed by atoms with van der Waals surface area (Å²) in [6.45, 7) is 0.971. The second-order valence-corrected chi connectivity index (χ2v) is 7.37. The molecule has 0 saturated carbocycles. The third-order valence-corrected chi connectivity index (χ3v) is 5.16. The minimum atomic E-state index is -0.116. The summed E-state index contributed by atoms with van der Waals surface area (Å²) in [6.07, 6.45) is 4.58. The molecule has 2 heterocycles. The maximum Gasteiger partial charge on any atom is 0.255 e. The Labute approximate surface area is 165 Å². The van der Waals surface area contributed by atoms with Crippen LogP contribution in [0.2, 0.25) is 0 Å². The van der Waals surface area contributed by atoms with Crippen molar-refractivity contribution >= 4 is 17.3 Å². The molecular formula is C22H25N5O. The van der Waals surface area contributed by atoms with Gasteiger partial charge < -0.3 is 14.8 Å². The Bertz CT molecular complexity index is 958. The fraction of sp³-hybridized carbons (Fsp3) is 0.318. The van der Waals surface area contributed by atoms with E-state index in [1.54, 1.807) is 0 Å². The lowest BCUT2D eigenvalue weighted by Gasteiger charge is -2.13. The summed E-state index contributed by atoms with van der Waals surface area (Å²) in [5.41, 5.74) is 3.49. The largest absolute Gasteiger partial charge is 0.378 e. The zero-order valence-electron chi connectivity index (χ0n) is 16.4. The number of hydrogen-bond acceptors (Lipinski definition) is 4. The number of nitrogens with one attached hydrogen (secondary N) is 1. The number of nitrogens with zero attached hydrogens (tertiary/aromatic N) is 4. The first kappa shape index (κ1) is 18.2. The minimum Gasteiger partial charge on any atom is -0.378 e. The van der Waals surface area contributed by atoms with E-state index >= 15 is 0 Å². The summed E-state index contributed by atoms with van der Waals surface area (Å²) in [4.78, 5) is 14.5. The molecule has 1 aliphatic rings. The van der Waals surface area contributed by atoms with Crippen LogP contribution in [0.3, 0.4) is 0 Å². The molecule has 6 nitrogen and oxygen atoms in total. The molecule has 0 radical (unpaired) electrons. The Morgan fingerprint density at radius 2 is 1.71 bits per heavy atom. The Balaban J connectivity index is 1.48. The molecule has 3 aromatic rings. The predicted molar refractivity (Wildman–Crippen MR) is 112 cm³/mol. The summed E-state index contributed by atoms with van der Waals surface area (Å²) in [5.74, 6) is 1.87. The van der Waals surface area contributed by atoms with Gasteiger partial charge >= 0.3 is 0 Å². The number of rotatable bonds is 4. The van der Waals surface area contributed by atoms with Crippen molar-refractivity contribution in [1.29, 1.82) is 0 Å². The third-order valence-electron chi connectivity index (χ3n) is 5.16. The number of fused-ring (bicyclic) bond motifs is 1. The third kappa shape index (κ3) is 3.76. The molecule has 0 aliphatic carbocycles. The average Bonchev–Trinajstić information content (AvgIpc) is 2.96. The Hall–Kier alpha value is -3.15. The van der Waals surface area contributed by atoms with Crippen molar-refractivity contribution in [2.45, 2.75) is 32.2 Å². The summed E-state index contributed by atoms with van der Waals surface area (Å²) < 4.78 is 2.23. The highest BCUT2D eigenvalue weighted by molar-refractivity contribution is 6.04. The number of hydrogen-bond donors (Lipinski definition) is 1. The van der Waals surface area contributed by atoms with Gasteiger partial charge in [0.05, 0.1) is 0 Å². The van der Waals surface area contributed by atoms with Gasteiger partial charge in [0.1, 0.15) is 5.82 Å². The van der Waals surface area contributed by atoms with E-state index in [1.807, 2.05) is 67.5 Å². The van der Waals surface area contributed by atoms with Gasteiger partial charge in [-0.25, -0.2) is 0 Å². The Kier molecular flexibility index (Phi) is 5.10. The lowest BCUT2D eigenvalue weighted by molar-refractivity contribution is 0.102. The molecule has 1 N–H and O–H groups in total. The van der Waals surface area contributed by atoms with Crippen LogP contribution < -0.4 is 10.2 Å². The van der Waals surface area contributed by atoms with E-state index in [0.717, 1.165) is 41.6 Å². The SMILES string of the molecule is CN(C)c1ccc(C(=O)Nc2ccc(-c3nnc4n3CCCCC4)cc2)cc1. The van der Waals surface area contributed by atoms with Gasteiger partial charge in [-0.2, -0.15) is 0 Å². The number of aryl methyl sites for hydroxylation is 1. The van der Waals surface area contributed by atoms with E-state index in [0.29, 0.717) is 5.56 Å². The predicted octanol–water partition coefficient (Wildman–Crippen LogP) is 3.99. The first-order valence-corrected chi connectivity index (χ1v) is 9.73. The molecule has 1 aliphatic heterocycles. The molecular weight excluding hydrogens is 350 g/mol. The van der Waals surface area contributed by atoms with Crippen molar-refractivity contribution in [1.82, 2.24) is 14.8 Å². The molecule has 2 aromatic carbocycles. The van der Waals surface area contributed by atoms with Crippen LogP contribution in [-0.4, -0.2) is 34.8 Å². The van der Waals surface area contributed by atoms with Gasteiger partial charge in [-0.3, -0.25) is 4.79 Å². The van der Waals surface area contributed by atoms with Crippen molar-refractivity contribution < 1.29 is 4.79 Å². The first-order valence-electron chi connectivity index (χ1n) is 9.73. The highest BCUT2D eigenvalue weighted by atomic mass is 16.1. The van der Waals surface area contributed by atoms with Gasteiger partial charge in [0, 0.05) is 49.6 Å². The van der Waals surface area contributed by atoms with Crippen LogP contribution in [-0.2, 0) is 13.0 Å². The number of benzene rings is 2. The molecule has 1 amide bonds. The van der Waals surface area contributed by atoms with Crippen molar-refractivity contribution in [3.05, 3.63) is 59.9 Å². The van der Waals surface area contributed by atoms with Gasteiger partial charge in [0.15, 0.2) is 5.82 Å². The van der Waals surface area contributed by atoms with Crippen molar-refractivity contribution in [3.63, 3.8) is 0 Å². The van der Waals surface area contributed by atoms with Crippen LogP contribution in [0.25, 0.3) is 11.4 Å². The van der Waals surface area contributed by atoms with Gasteiger partial charge in [0.2, 0.25) is 0 Å². The quantitative estimate of drug-likeness (QED) is 0.749. The van der Waals surface area contributed by atoms with Crippen LogP contribution >= 0.6 is 0 Å². The summed E-state index contributed by atoms with van der Waals surface area (Å²) >= 11 is 0. The molecule has 0 atom stereocenters. The van der Waals surface area contributed by atoms with Crippen LogP contribution in [0.15, 0.2) is 48.5 Å². The summed E-state index contributed by atoms with van der Waals surface area (Å²) in [7, 11) is 3.95. The van der Waals surface area contributed by atoms with Crippen molar-refractivity contribution in [2.24, 2.45) is 0 Å². The van der Waals surface area contributed by atoms with Crippen LogP contribution in [0, 0.1) is 0 Å². The average molecular weight is 375 g/mol. The van der Waals surface area contributed by atoms with Crippen LogP contribution in [0.5, 0.6) is 0 Å². The minimum absolute atomic E-state index is 0.116. The van der Waals surface area contributed by atoms with Crippen LogP contribution in [0.4, 0.5) is 11.4 Å². The zero-order chi connectivity index (χ0) is 19.5. The molecule has 6 heteroatoms. The maximum atomic E-state index is 12.5. The normalized spacial score (nSPS) is 13.5. The standard InChI is InChI=1S/C22H25N5O/c1-26(2)19-13-9-17(10-14-19)22(28)23-18-11-7-16(8-12-18)21-25-24-20-6-4-3-5-15-27(20)21/h7-14H,3-6,15H2,1-2H3,(H,23,28). The number of carbonyl (C=O) groups excluding carboxylic acids is 1. The van der Waals surface area contributed by atoms with Crippen LogP contribution in [0.1, 0.15) is 35.4 Å². The first-order chi connectivity index (χ1) is 13.6. The van der Waals surface area contributed by atoms with Gasteiger partial charge in [0.25, 0.3) is 5.91 Å². The van der Waals surface area contributed by atoms with Gasteiger partial charge in [-0.1, -0.05) is 6.42 Å². The van der Waals surface area contributed by atoms with Gasteiger partial charge in [-0.05, 0) is 61.4 Å². The molecule has 28 heavy (non-hydrogen) atoms. The second kappa shape index (κ2) is 7.84. The second-order valence-electron chi connectivity index (χ2n) is 7.37. The fourth-order valence-electron chi connectivity index (χ4n) is 3.52. The summed E-state index contributed by atoms with van der Waals surface area (Å²) in [6, 6.07) is 15.4. The molecule has 0 unspecified atom stereocenters. The molecule has 4 rings (SSSR count). The molecule has 0 fully saturated rings.